The maximum atomic E-state index is 5.32. The van der Waals surface area contributed by atoms with E-state index in [4.69, 9.17) is 11.5 Å². The number of hydrogen-bond donors (Lipinski definition) is 2. The lowest BCUT2D eigenvalue weighted by atomic mass is 10.6. The van der Waals surface area contributed by atoms with E-state index >= 15 is 0 Å². The molecule has 0 atom stereocenters. The van der Waals surface area contributed by atoms with Gasteiger partial charge in [0.05, 0.1) is 3.58 Å². The summed E-state index contributed by atoms with van der Waals surface area (Å²) in [6.45, 7) is 0. The standard InChI is InChI=1S/C4H8IN3/c1-8-4(7)3(5)2-6/h2H,6H2,1H3,(H2,7,8). The zero-order chi connectivity index (χ0) is 6.57. The Labute approximate surface area is 62.0 Å². The van der Waals surface area contributed by atoms with Gasteiger partial charge in [-0.15, -0.1) is 0 Å². The molecule has 46 valence electrons. The molecule has 0 radical (unpaired) electrons. The van der Waals surface area contributed by atoms with Gasteiger partial charge in [0, 0.05) is 13.2 Å². The van der Waals surface area contributed by atoms with Crippen molar-refractivity contribution in [1.29, 1.82) is 0 Å². The number of nitrogens with zero attached hydrogens (tertiary/aromatic N) is 1. The van der Waals surface area contributed by atoms with Gasteiger partial charge in [-0.05, 0) is 22.6 Å². The van der Waals surface area contributed by atoms with Gasteiger partial charge >= 0.3 is 0 Å². The number of halogens is 1. The quantitative estimate of drug-likeness (QED) is 0.380. The Morgan fingerprint density at radius 2 is 2.25 bits per heavy atom. The predicted molar refractivity (Wildman–Crippen MR) is 43.8 cm³/mol. The molecule has 0 aromatic heterocycles. The normalized spacial score (nSPS) is 14.2. The van der Waals surface area contributed by atoms with Gasteiger partial charge in [-0.25, -0.2) is 0 Å². The average Bonchev–Trinajstić information content (AvgIpc) is 1.84. The summed E-state index contributed by atoms with van der Waals surface area (Å²) in [6, 6.07) is 0. The Bertz CT molecular complexity index is 111. The van der Waals surface area contributed by atoms with Gasteiger partial charge in [0.15, 0.2) is 0 Å². The smallest absolute Gasteiger partial charge is 0.133 e. The highest BCUT2D eigenvalue weighted by Gasteiger charge is 1.91. The molecule has 0 aliphatic rings. The van der Waals surface area contributed by atoms with Crippen LogP contribution in [0.4, 0.5) is 0 Å². The lowest BCUT2D eigenvalue weighted by Gasteiger charge is -1.91. The van der Waals surface area contributed by atoms with Crippen molar-refractivity contribution >= 4 is 28.4 Å². The largest absolute Gasteiger partial charge is 0.404 e. The molecule has 0 amide bonds. The van der Waals surface area contributed by atoms with E-state index in [1.165, 1.54) is 6.20 Å². The van der Waals surface area contributed by atoms with Crippen LogP contribution < -0.4 is 11.5 Å². The van der Waals surface area contributed by atoms with Gasteiger partial charge < -0.3 is 11.5 Å². The second kappa shape index (κ2) is 3.71. The van der Waals surface area contributed by atoms with E-state index in [9.17, 15) is 0 Å². The van der Waals surface area contributed by atoms with Crippen molar-refractivity contribution in [3.05, 3.63) is 9.78 Å². The zero-order valence-corrected chi connectivity index (χ0v) is 6.71. The summed E-state index contributed by atoms with van der Waals surface area (Å²) >= 11 is 2.01. The molecule has 0 fully saturated rings. The molecule has 0 aliphatic carbocycles. The number of nitrogens with two attached hydrogens (primary N) is 2. The molecule has 4 N–H and O–H groups in total. The number of aliphatic imine (C=N–C) groups is 1. The van der Waals surface area contributed by atoms with Crippen LogP contribution in [-0.2, 0) is 0 Å². The van der Waals surface area contributed by atoms with E-state index in [0.717, 1.165) is 3.58 Å². The summed E-state index contributed by atoms with van der Waals surface area (Å²) in [5.74, 6) is 0.480. The summed E-state index contributed by atoms with van der Waals surface area (Å²) < 4.78 is 0.783. The first kappa shape index (κ1) is 7.74. The third-order valence-electron chi connectivity index (χ3n) is 0.632. The van der Waals surface area contributed by atoms with Crippen molar-refractivity contribution in [1.82, 2.24) is 0 Å². The molecule has 8 heavy (non-hydrogen) atoms. The molecule has 0 heterocycles. The van der Waals surface area contributed by atoms with Crippen LogP contribution in [0.25, 0.3) is 0 Å². The average molecular weight is 225 g/mol. The lowest BCUT2D eigenvalue weighted by molar-refractivity contribution is 1.40. The van der Waals surface area contributed by atoms with Crippen LogP contribution in [-0.4, -0.2) is 12.9 Å². The molecule has 0 spiro atoms. The lowest BCUT2D eigenvalue weighted by Crippen LogP contribution is -2.11. The van der Waals surface area contributed by atoms with E-state index in [1.54, 1.807) is 7.05 Å². The molecular formula is C4H8IN3. The molecular weight excluding hydrogens is 217 g/mol. The highest BCUT2D eigenvalue weighted by molar-refractivity contribution is 14.1. The fourth-order valence-electron chi connectivity index (χ4n) is 0.192. The van der Waals surface area contributed by atoms with Gasteiger partial charge in [0.1, 0.15) is 5.84 Å². The molecule has 0 aliphatic heterocycles. The maximum absolute atomic E-state index is 5.32. The highest BCUT2D eigenvalue weighted by Crippen LogP contribution is 2.01. The van der Waals surface area contributed by atoms with E-state index in [2.05, 4.69) is 4.99 Å². The van der Waals surface area contributed by atoms with Crippen LogP contribution >= 0.6 is 22.6 Å². The first-order chi connectivity index (χ1) is 3.72. The van der Waals surface area contributed by atoms with Crippen molar-refractivity contribution in [2.45, 2.75) is 0 Å². The summed E-state index contributed by atoms with van der Waals surface area (Å²) in [7, 11) is 1.62. The van der Waals surface area contributed by atoms with Gasteiger partial charge in [-0.3, -0.25) is 4.99 Å². The Balaban J connectivity index is 4.04. The SMILES string of the molecule is CN=C(N)C(I)=CN. The first-order valence-corrected chi connectivity index (χ1v) is 3.10. The fraction of sp³-hybridized carbons (Fsp3) is 0.250. The third-order valence-corrected chi connectivity index (χ3v) is 1.54. The molecule has 0 aromatic rings. The van der Waals surface area contributed by atoms with Crippen molar-refractivity contribution in [3.8, 4) is 0 Å². The van der Waals surface area contributed by atoms with Gasteiger partial charge in [0.2, 0.25) is 0 Å². The van der Waals surface area contributed by atoms with Gasteiger partial charge in [0.25, 0.3) is 0 Å². The molecule has 0 saturated heterocycles. The predicted octanol–water partition coefficient (Wildman–Crippen LogP) is 0.209. The minimum atomic E-state index is 0.480. The monoisotopic (exact) mass is 225 g/mol. The van der Waals surface area contributed by atoms with Crippen LogP contribution in [0.2, 0.25) is 0 Å². The molecule has 0 rings (SSSR count). The van der Waals surface area contributed by atoms with Crippen LogP contribution in [0.5, 0.6) is 0 Å². The highest BCUT2D eigenvalue weighted by atomic mass is 127. The van der Waals surface area contributed by atoms with Crippen LogP contribution in [0, 0.1) is 0 Å². The second-order valence-corrected chi connectivity index (χ2v) is 2.29. The molecule has 0 aromatic carbocycles. The molecule has 0 unspecified atom stereocenters. The third kappa shape index (κ3) is 2.15. The second-order valence-electron chi connectivity index (χ2n) is 1.12. The topological polar surface area (TPSA) is 64.4 Å². The molecule has 0 saturated carbocycles. The summed E-state index contributed by atoms with van der Waals surface area (Å²) in [5.41, 5.74) is 10.4. The van der Waals surface area contributed by atoms with Crippen molar-refractivity contribution in [2.75, 3.05) is 7.05 Å². The summed E-state index contributed by atoms with van der Waals surface area (Å²) in [5, 5.41) is 0. The minimum absolute atomic E-state index is 0.480. The number of hydrogen-bond acceptors (Lipinski definition) is 2. The van der Waals surface area contributed by atoms with E-state index < -0.39 is 0 Å². The Kier molecular flexibility index (Phi) is 3.59. The Morgan fingerprint density at radius 1 is 1.75 bits per heavy atom. The summed E-state index contributed by atoms with van der Waals surface area (Å²) in [4.78, 5) is 3.70. The molecule has 0 bridgehead atoms. The Morgan fingerprint density at radius 3 is 2.38 bits per heavy atom. The van der Waals surface area contributed by atoms with Crippen molar-refractivity contribution in [3.63, 3.8) is 0 Å². The van der Waals surface area contributed by atoms with Crippen molar-refractivity contribution < 1.29 is 0 Å². The van der Waals surface area contributed by atoms with E-state index in [-0.39, 0.29) is 0 Å². The Hall–Kier alpha value is -0.260. The fourth-order valence-corrected chi connectivity index (χ4v) is 0.433. The van der Waals surface area contributed by atoms with Crippen molar-refractivity contribution in [2.24, 2.45) is 16.5 Å². The van der Waals surface area contributed by atoms with E-state index in [0.29, 0.717) is 5.84 Å². The van der Waals surface area contributed by atoms with E-state index in [1.807, 2.05) is 22.6 Å². The molecule has 4 heteroatoms. The number of amidine groups is 1. The first-order valence-electron chi connectivity index (χ1n) is 2.02. The van der Waals surface area contributed by atoms with Gasteiger partial charge in [-0.1, -0.05) is 0 Å². The minimum Gasteiger partial charge on any atom is -0.404 e. The summed E-state index contributed by atoms with van der Waals surface area (Å²) in [6.07, 6.45) is 1.42. The van der Waals surface area contributed by atoms with Crippen LogP contribution in [0.3, 0.4) is 0 Å². The van der Waals surface area contributed by atoms with Crippen LogP contribution in [0.1, 0.15) is 0 Å². The molecule has 3 nitrogen and oxygen atoms in total. The van der Waals surface area contributed by atoms with Gasteiger partial charge in [-0.2, -0.15) is 0 Å². The number of rotatable bonds is 1. The van der Waals surface area contributed by atoms with Crippen LogP contribution in [0.15, 0.2) is 14.8 Å². The zero-order valence-electron chi connectivity index (χ0n) is 4.56. The maximum Gasteiger partial charge on any atom is 0.133 e.